The minimum absolute atomic E-state index is 0.000633. The Morgan fingerprint density at radius 1 is 1.12 bits per heavy atom. The van der Waals surface area contributed by atoms with Gasteiger partial charge in [-0.25, -0.2) is 0 Å². The monoisotopic (exact) mass is 357 g/mol. The van der Waals surface area contributed by atoms with E-state index in [2.05, 4.69) is 5.32 Å². The average molecular weight is 357 g/mol. The van der Waals surface area contributed by atoms with Gasteiger partial charge in [-0.1, -0.05) is 30.3 Å². The molecule has 5 heteroatoms. The molecule has 2 aromatic carbocycles. The summed E-state index contributed by atoms with van der Waals surface area (Å²) in [7, 11) is 5.28. The Labute approximate surface area is 155 Å². The SMILES string of the molecule is COc1cc(C)c(C[NH+](C)CC(=O)N[C@H](C)c2ccccc2)cc1OC. The molecule has 1 amide bonds. The van der Waals surface area contributed by atoms with Crippen LogP contribution in [0, 0.1) is 6.92 Å². The Kier molecular flexibility index (Phi) is 7.04. The van der Waals surface area contributed by atoms with Crippen LogP contribution in [0.5, 0.6) is 11.5 Å². The van der Waals surface area contributed by atoms with Gasteiger partial charge in [0, 0.05) is 5.56 Å². The van der Waals surface area contributed by atoms with Crippen molar-refractivity contribution >= 4 is 5.91 Å². The number of methoxy groups -OCH3 is 2. The molecular weight excluding hydrogens is 328 g/mol. The van der Waals surface area contributed by atoms with Gasteiger partial charge in [-0.15, -0.1) is 0 Å². The van der Waals surface area contributed by atoms with Gasteiger partial charge in [0.05, 0.1) is 27.3 Å². The number of likely N-dealkylation sites (N-methyl/N-ethyl adjacent to an activating group) is 1. The highest BCUT2D eigenvalue weighted by atomic mass is 16.5. The van der Waals surface area contributed by atoms with Gasteiger partial charge in [0.15, 0.2) is 18.0 Å². The van der Waals surface area contributed by atoms with Gasteiger partial charge in [-0.2, -0.15) is 0 Å². The van der Waals surface area contributed by atoms with Crippen LogP contribution in [0.4, 0.5) is 0 Å². The van der Waals surface area contributed by atoms with Crippen molar-refractivity contribution in [3.8, 4) is 11.5 Å². The summed E-state index contributed by atoms with van der Waals surface area (Å²) in [5.74, 6) is 1.47. The summed E-state index contributed by atoms with van der Waals surface area (Å²) in [6, 6.07) is 13.9. The maximum atomic E-state index is 12.4. The largest absolute Gasteiger partial charge is 0.493 e. The maximum absolute atomic E-state index is 12.4. The number of hydrogen-bond acceptors (Lipinski definition) is 3. The number of hydrogen-bond donors (Lipinski definition) is 2. The van der Waals surface area contributed by atoms with E-state index < -0.39 is 0 Å². The fourth-order valence-electron chi connectivity index (χ4n) is 2.99. The molecule has 0 aliphatic heterocycles. The molecule has 0 aromatic heterocycles. The third kappa shape index (κ3) is 5.23. The summed E-state index contributed by atoms with van der Waals surface area (Å²) in [6.45, 7) is 5.19. The first-order valence-electron chi connectivity index (χ1n) is 8.81. The first kappa shape index (κ1) is 19.8. The molecule has 5 nitrogen and oxygen atoms in total. The van der Waals surface area contributed by atoms with E-state index >= 15 is 0 Å². The Hall–Kier alpha value is -2.53. The van der Waals surface area contributed by atoms with E-state index in [4.69, 9.17) is 9.47 Å². The zero-order chi connectivity index (χ0) is 19.1. The van der Waals surface area contributed by atoms with Gasteiger partial charge < -0.3 is 19.7 Å². The fourth-order valence-corrected chi connectivity index (χ4v) is 2.99. The summed E-state index contributed by atoms with van der Waals surface area (Å²) in [5, 5.41) is 3.06. The molecule has 0 saturated carbocycles. The lowest BCUT2D eigenvalue weighted by Gasteiger charge is -2.19. The van der Waals surface area contributed by atoms with Gasteiger partial charge in [0.25, 0.3) is 5.91 Å². The van der Waals surface area contributed by atoms with Crippen LogP contribution in [0.3, 0.4) is 0 Å². The van der Waals surface area contributed by atoms with Crippen molar-refractivity contribution in [2.45, 2.75) is 26.4 Å². The molecule has 0 aliphatic carbocycles. The number of amides is 1. The molecule has 0 radical (unpaired) electrons. The predicted molar refractivity (Wildman–Crippen MR) is 103 cm³/mol. The standard InChI is InChI=1S/C21H28N2O3/c1-15-11-19(25-4)20(26-5)12-18(15)13-23(3)14-21(24)22-16(2)17-9-7-6-8-10-17/h6-12,16H,13-14H2,1-5H3,(H,22,24)/p+1/t16-/m1/s1. The van der Waals surface area contributed by atoms with E-state index in [-0.39, 0.29) is 11.9 Å². The van der Waals surface area contributed by atoms with Gasteiger partial charge in [-0.3, -0.25) is 4.79 Å². The highest BCUT2D eigenvalue weighted by molar-refractivity contribution is 5.77. The lowest BCUT2D eigenvalue weighted by Crippen LogP contribution is -3.09. The number of carbonyl (C=O) groups excluding carboxylic acids is 1. The molecule has 140 valence electrons. The number of carbonyl (C=O) groups is 1. The highest BCUT2D eigenvalue weighted by Crippen LogP contribution is 2.29. The molecule has 0 saturated heterocycles. The Balaban J connectivity index is 1.96. The average Bonchev–Trinajstić information content (AvgIpc) is 2.63. The topological polar surface area (TPSA) is 52.0 Å². The number of ether oxygens (including phenoxy) is 2. The van der Waals surface area contributed by atoms with Gasteiger partial charge in [0.2, 0.25) is 0 Å². The molecule has 2 rings (SSSR count). The van der Waals surface area contributed by atoms with Crippen molar-refractivity contribution in [3.63, 3.8) is 0 Å². The molecule has 0 aliphatic rings. The summed E-state index contributed by atoms with van der Waals surface area (Å²) in [5.41, 5.74) is 3.37. The summed E-state index contributed by atoms with van der Waals surface area (Å²) in [4.78, 5) is 13.5. The van der Waals surface area contributed by atoms with E-state index in [9.17, 15) is 4.79 Å². The van der Waals surface area contributed by atoms with Crippen molar-refractivity contribution in [3.05, 3.63) is 59.2 Å². The van der Waals surface area contributed by atoms with Crippen molar-refractivity contribution in [1.29, 1.82) is 0 Å². The van der Waals surface area contributed by atoms with Crippen molar-refractivity contribution in [1.82, 2.24) is 5.32 Å². The van der Waals surface area contributed by atoms with Crippen LogP contribution in [-0.4, -0.2) is 33.7 Å². The number of nitrogens with one attached hydrogen (secondary N) is 2. The lowest BCUT2D eigenvalue weighted by atomic mass is 10.1. The Bertz CT molecular complexity index is 732. The van der Waals surface area contributed by atoms with Crippen LogP contribution >= 0.6 is 0 Å². The van der Waals surface area contributed by atoms with Crippen LogP contribution in [0.25, 0.3) is 0 Å². The van der Waals surface area contributed by atoms with E-state index in [0.29, 0.717) is 12.3 Å². The lowest BCUT2D eigenvalue weighted by molar-refractivity contribution is -0.885. The molecule has 2 aromatic rings. The van der Waals surface area contributed by atoms with Crippen molar-refractivity contribution in [2.24, 2.45) is 0 Å². The second-order valence-corrected chi connectivity index (χ2v) is 6.64. The second kappa shape index (κ2) is 9.25. The van der Waals surface area contributed by atoms with E-state index in [1.165, 1.54) is 0 Å². The van der Waals surface area contributed by atoms with Crippen LogP contribution in [0.2, 0.25) is 0 Å². The smallest absolute Gasteiger partial charge is 0.275 e. The molecule has 0 fully saturated rings. The van der Waals surface area contributed by atoms with Crippen molar-refractivity contribution in [2.75, 3.05) is 27.8 Å². The van der Waals surface area contributed by atoms with Crippen LogP contribution in [-0.2, 0) is 11.3 Å². The molecule has 1 unspecified atom stereocenters. The fraction of sp³-hybridized carbons (Fsp3) is 0.381. The molecule has 26 heavy (non-hydrogen) atoms. The predicted octanol–water partition coefficient (Wildman–Crippen LogP) is 1.90. The van der Waals surface area contributed by atoms with Gasteiger partial charge in [-0.05, 0) is 37.1 Å². The third-order valence-corrected chi connectivity index (χ3v) is 4.47. The van der Waals surface area contributed by atoms with E-state index in [0.717, 1.165) is 33.9 Å². The number of rotatable bonds is 8. The molecule has 0 spiro atoms. The zero-order valence-electron chi connectivity index (χ0n) is 16.3. The van der Waals surface area contributed by atoms with Crippen molar-refractivity contribution < 1.29 is 19.2 Å². The quantitative estimate of drug-likeness (QED) is 0.759. The molecule has 2 atom stereocenters. The molecule has 0 bridgehead atoms. The van der Waals surface area contributed by atoms with Gasteiger partial charge in [0.1, 0.15) is 6.54 Å². The Morgan fingerprint density at radius 3 is 2.35 bits per heavy atom. The number of aryl methyl sites for hydroxylation is 1. The zero-order valence-corrected chi connectivity index (χ0v) is 16.3. The normalized spacial score (nSPS) is 13.0. The minimum Gasteiger partial charge on any atom is -0.493 e. The summed E-state index contributed by atoms with van der Waals surface area (Å²) in [6.07, 6.45) is 0. The highest BCUT2D eigenvalue weighted by Gasteiger charge is 2.16. The Morgan fingerprint density at radius 2 is 1.73 bits per heavy atom. The first-order valence-corrected chi connectivity index (χ1v) is 8.81. The van der Waals surface area contributed by atoms with E-state index in [1.807, 2.05) is 63.4 Å². The third-order valence-electron chi connectivity index (χ3n) is 4.47. The first-order chi connectivity index (χ1) is 12.4. The molecule has 0 heterocycles. The van der Waals surface area contributed by atoms with Crippen LogP contribution in [0.1, 0.15) is 29.7 Å². The molecule has 2 N–H and O–H groups in total. The number of quaternary nitrogens is 1. The second-order valence-electron chi connectivity index (χ2n) is 6.64. The van der Waals surface area contributed by atoms with Crippen LogP contribution in [0.15, 0.2) is 42.5 Å². The van der Waals surface area contributed by atoms with E-state index in [1.54, 1.807) is 14.2 Å². The molecular formula is C21H29N2O3+. The van der Waals surface area contributed by atoms with Crippen LogP contribution < -0.4 is 19.7 Å². The maximum Gasteiger partial charge on any atom is 0.275 e. The van der Waals surface area contributed by atoms with Gasteiger partial charge >= 0.3 is 0 Å². The minimum atomic E-state index is -0.000633. The summed E-state index contributed by atoms with van der Waals surface area (Å²) >= 11 is 0. The number of benzene rings is 2. The summed E-state index contributed by atoms with van der Waals surface area (Å²) < 4.78 is 10.7.